The molecule has 0 fully saturated rings. The lowest BCUT2D eigenvalue weighted by Gasteiger charge is -2.18. The van der Waals surface area contributed by atoms with E-state index in [0.29, 0.717) is 0 Å². The molecule has 4 heteroatoms. The van der Waals surface area contributed by atoms with Crippen LogP contribution >= 0.6 is 0 Å². The van der Waals surface area contributed by atoms with Crippen LogP contribution in [0, 0.1) is 0 Å². The van der Waals surface area contributed by atoms with E-state index in [0.717, 1.165) is 51.5 Å². The molecule has 0 bridgehead atoms. The molecule has 1 rings (SSSR count). The number of hydrogen-bond donors (Lipinski definition) is 2. The Balaban J connectivity index is 2.34. The number of benzene rings is 1. The van der Waals surface area contributed by atoms with Gasteiger partial charge in [0.15, 0.2) is 5.96 Å². The van der Waals surface area contributed by atoms with Gasteiger partial charge in [0, 0.05) is 20.1 Å². The molecule has 0 aromatic heterocycles. The summed E-state index contributed by atoms with van der Waals surface area (Å²) < 4.78 is 0. The van der Waals surface area contributed by atoms with E-state index in [4.69, 9.17) is 0 Å². The first-order chi connectivity index (χ1) is 10.7. The van der Waals surface area contributed by atoms with Crippen LogP contribution in [-0.4, -0.2) is 44.1 Å². The minimum Gasteiger partial charge on any atom is -0.356 e. The normalized spacial score (nSPS) is 11.8. The fraction of sp³-hybridized carbons (Fsp3) is 0.611. The molecule has 4 nitrogen and oxygen atoms in total. The van der Waals surface area contributed by atoms with Gasteiger partial charge < -0.3 is 15.5 Å². The smallest absolute Gasteiger partial charge is 0.191 e. The second-order valence-corrected chi connectivity index (χ2v) is 5.36. The van der Waals surface area contributed by atoms with Crippen molar-refractivity contribution in [3.05, 3.63) is 35.4 Å². The van der Waals surface area contributed by atoms with E-state index in [1.807, 2.05) is 7.05 Å². The largest absolute Gasteiger partial charge is 0.356 e. The van der Waals surface area contributed by atoms with Crippen LogP contribution in [0.25, 0.3) is 0 Å². The SMILES string of the molecule is CCc1ccccc1CNC(=NC)NCCCN(CC)CC. The lowest BCUT2D eigenvalue weighted by molar-refractivity contribution is 0.300. The van der Waals surface area contributed by atoms with Crippen molar-refractivity contribution in [1.82, 2.24) is 15.5 Å². The quantitative estimate of drug-likeness (QED) is 0.418. The van der Waals surface area contributed by atoms with Crippen LogP contribution < -0.4 is 10.6 Å². The van der Waals surface area contributed by atoms with Crippen molar-refractivity contribution in [1.29, 1.82) is 0 Å². The number of aliphatic imine (C=N–C) groups is 1. The van der Waals surface area contributed by atoms with Crippen LogP contribution in [0.15, 0.2) is 29.3 Å². The van der Waals surface area contributed by atoms with Gasteiger partial charge in [0.1, 0.15) is 0 Å². The molecule has 0 aliphatic heterocycles. The van der Waals surface area contributed by atoms with Gasteiger partial charge in [0.25, 0.3) is 0 Å². The van der Waals surface area contributed by atoms with E-state index in [-0.39, 0.29) is 0 Å². The van der Waals surface area contributed by atoms with Crippen molar-refractivity contribution in [2.75, 3.05) is 33.2 Å². The summed E-state index contributed by atoms with van der Waals surface area (Å²) in [6.07, 6.45) is 2.20. The van der Waals surface area contributed by atoms with E-state index in [1.54, 1.807) is 0 Å². The molecule has 0 spiro atoms. The van der Waals surface area contributed by atoms with Crippen LogP contribution in [0.1, 0.15) is 38.3 Å². The van der Waals surface area contributed by atoms with E-state index < -0.39 is 0 Å². The average Bonchev–Trinajstić information content (AvgIpc) is 2.58. The highest BCUT2D eigenvalue weighted by Crippen LogP contribution is 2.08. The highest BCUT2D eigenvalue weighted by atomic mass is 15.2. The van der Waals surface area contributed by atoms with E-state index in [2.05, 4.69) is 65.6 Å². The summed E-state index contributed by atoms with van der Waals surface area (Å²) in [7, 11) is 1.82. The third-order valence-electron chi connectivity index (χ3n) is 4.01. The molecule has 0 atom stereocenters. The molecule has 0 aliphatic rings. The third kappa shape index (κ3) is 6.48. The third-order valence-corrected chi connectivity index (χ3v) is 4.01. The summed E-state index contributed by atoms with van der Waals surface area (Å²) in [5.41, 5.74) is 2.74. The second-order valence-electron chi connectivity index (χ2n) is 5.36. The van der Waals surface area contributed by atoms with Crippen molar-refractivity contribution in [2.24, 2.45) is 4.99 Å². The predicted molar refractivity (Wildman–Crippen MR) is 96.4 cm³/mol. The van der Waals surface area contributed by atoms with Crippen molar-refractivity contribution < 1.29 is 0 Å². The first-order valence-electron chi connectivity index (χ1n) is 8.48. The lowest BCUT2D eigenvalue weighted by Crippen LogP contribution is -2.38. The molecule has 0 saturated carbocycles. The van der Waals surface area contributed by atoms with Crippen molar-refractivity contribution in [2.45, 2.75) is 40.2 Å². The monoisotopic (exact) mass is 304 g/mol. The first-order valence-corrected chi connectivity index (χ1v) is 8.48. The van der Waals surface area contributed by atoms with Gasteiger partial charge in [0.2, 0.25) is 0 Å². The highest BCUT2D eigenvalue weighted by Gasteiger charge is 2.02. The zero-order chi connectivity index (χ0) is 16.2. The molecule has 22 heavy (non-hydrogen) atoms. The molecule has 0 radical (unpaired) electrons. The number of rotatable bonds is 9. The van der Waals surface area contributed by atoms with Crippen molar-refractivity contribution in [3.8, 4) is 0 Å². The Bertz CT molecular complexity index is 438. The highest BCUT2D eigenvalue weighted by molar-refractivity contribution is 5.79. The Kier molecular flexibility index (Phi) is 9.31. The fourth-order valence-electron chi connectivity index (χ4n) is 2.52. The number of nitrogens with zero attached hydrogens (tertiary/aromatic N) is 2. The molecule has 0 amide bonds. The van der Waals surface area contributed by atoms with Crippen LogP contribution in [-0.2, 0) is 13.0 Å². The molecule has 124 valence electrons. The minimum absolute atomic E-state index is 0.819. The van der Waals surface area contributed by atoms with Crippen LogP contribution in [0.2, 0.25) is 0 Å². The Morgan fingerprint density at radius 3 is 2.32 bits per heavy atom. The summed E-state index contributed by atoms with van der Waals surface area (Å²) >= 11 is 0. The molecular formula is C18H32N4. The maximum Gasteiger partial charge on any atom is 0.191 e. The van der Waals surface area contributed by atoms with Gasteiger partial charge in [-0.15, -0.1) is 0 Å². The zero-order valence-corrected chi connectivity index (χ0v) is 14.7. The zero-order valence-electron chi connectivity index (χ0n) is 14.7. The van der Waals surface area contributed by atoms with E-state index in [9.17, 15) is 0 Å². The van der Waals surface area contributed by atoms with Gasteiger partial charge in [-0.25, -0.2) is 0 Å². The van der Waals surface area contributed by atoms with Crippen LogP contribution in [0.4, 0.5) is 0 Å². The Morgan fingerprint density at radius 2 is 1.73 bits per heavy atom. The molecule has 0 saturated heterocycles. The summed E-state index contributed by atoms with van der Waals surface area (Å²) in [6, 6.07) is 8.57. The summed E-state index contributed by atoms with van der Waals surface area (Å²) in [5, 5.41) is 6.79. The topological polar surface area (TPSA) is 39.7 Å². The number of nitrogens with one attached hydrogen (secondary N) is 2. The van der Waals surface area contributed by atoms with Crippen LogP contribution in [0.5, 0.6) is 0 Å². The number of aryl methyl sites for hydroxylation is 1. The molecule has 0 heterocycles. The van der Waals surface area contributed by atoms with Gasteiger partial charge >= 0.3 is 0 Å². The Hall–Kier alpha value is -1.55. The first kappa shape index (κ1) is 18.5. The average molecular weight is 304 g/mol. The van der Waals surface area contributed by atoms with Gasteiger partial charge in [-0.05, 0) is 43.6 Å². The van der Waals surface area contributed by atoms with Gasteiger partial charge in [-0.2, -0.15) is 0 Å². The Labute approximate surface area is 136 Å². The number of hydrogen-bond acceptors (Lipinski definition) is 2. The maximum absolute atomic E-state index is 4.30. The van der Waals surface area contributed by atoms with Gasteiger partial charge in [-0.3, -0.25) is 4.99 Å². The van der Waals surface area contributed by atoms with Gasteiger partial charge in [-0.1, -0.05) is 45.0 Å². The molecular weight excluding hydrogens is 272 g/mol. The molecule has 0 unspecified atom stereocenters. The molecule has 2 N–H and O–H groups in total. The number of guanidine groups is 1. The van der Waals surface area contributed by atoms with E-state index in [1.165, 1.54) is 11.1 Å². The predicted octanol–water partition coefficient (Wildman–Crippen LogP) is 2.65. The lowest BCUT2D eigenvalue weighted by atomic mass is 10.1. The Morgan fingerprint density at radius 1 is 1.05 bits per heavy atom. The maximum atomic E-state index is 4.30. The minimum atomic E-state index is 0.819. The summed E-state index contributed by atoms with van der Waals surface area (Å²) in [4.78, 5) is 6.74. The second kappa shape index (κ2) is 11.1. The van der Waals surface area contributed by atoms with Crippen molar-refractivity contribution >= 4 is 5.96 Å². The summed E-state index contributed by atoms with van der Waals surface area (Å²) in [6.45, 7) is 11.8. The summed E-state index contributed by atoms with van der Waals surface area (Å²) in [5.74, 6) is 0.880. The van der Waals surface area contributed by atoms with E-state index >= 15 is 0 Å². The molecule has 1 aromatic rings. The van der Waals surface area contributed by atoms with Crippen molar-refractivity contribution in [3.63, 3.8) is 0 Å². The van der Waals surface area contributed by atoms with Gasteiger partial charge in [0.05, 0.1) is 0 Å². The molecule has 1 aromatic carbocycles. The molecule has 0 aliphatic carbocycles. The van der Waals surface area contributed by atoms with Crippen LogP contribution in [0.3, 0.4) is 0 Å². The fourth-order valence-corrected chi connectivity index (χ4v) is 2.52. The standard InChI is InChI=1S/C18H32N4/c1-5-16-11-8-9-12-17(16)15-21-18(19-4)20-13-10-14-22(6-2)7-3/h8-9,11-12H,5-7,10,13-15H2,1-4H3,(H2,19,20,21).